The van der Waals surface area contributed by atoms with Gasteiger partial charge >= 0.3 is 0 Å². The van der Waals surface area contributed by atoms with Gasteiger partial charge in [0.05, 0.1) is 21.2 Å². The van der Waals surface area contributed by atoms with Gasteiger partial charge in [-0.25, -0.2) is 13.4 Å². The quantitative estimate of drug-likeness (QED) is 0.802. The summed E-state index contributed by atoms with van der Waals surface area (Å²) in [4.78, 5) is 18.5. The van der Waals surface area contributed by atoms with Gasteiger partial charge in [-0.1, -0.05) is 11.6 Å². The number of rotatable bonds is 5. The van der Waals surface area contributed by atoms with Gasteiger partial charge in [0.15, 0.2) is 9.84 Å². The molecule has 0 spiro atoms. The highest BCUT2D eigenvalue weighted by atomic mass is 79.9. The number of hydrogen-bond donors (Lipinski definition) is 1. The van der Waals surface area contributed by atoms with E-state index in [-0.39, 0.29) is 21.6 Å². The van der Waals surface area contributed by atoms with Crippen LogP contribution in [0.2, 0.25) is 5.02 Å². The smallest absolute Gasteiger partial charge is 0.228 e. The molecule has 0 saturated heterocycles. The fourth-order valence-corrected chi connectivity index (χ4v) is 3.86. The average Bonchev–Trinajstić information content (AvgIpc) is 2.45. The topological polar surface area (TPSA) is 89.1 Å². The van der Waals surface area contributed by atoms with E-state index in [2.05, 4.69) is 25.9 Å². The first-order valence-corrected chi connectivity index (χ1v) is 9.43. The summed E-state index contributed by atoms with van der Waals surface area (Å²) in [6.07, 6.45) is 3.74. The van der Waals surface area contributed by atoms with Crippen LogP contribution in [-0.4, -0.2) is 24.5 Å². The fourth-order valence-electron chi connectivity index (χ4n) is 1.78. The molecule has 2 heterocycles. The predicted octanol–water partition coefficient (Wildman–Crippen LogP) is 2.95. The number of aromatic amines is 1. The molecule has 0 unspecified atom stereocenters. The van der Waals surface area contributed by atoms with Crippen LogP contribution in [-0.2, 0) is 15.6 Å². The van der Waals surface area contributed by atoms with Gasteiger partial charge in [-0.05, 0) is 35.8 Å². The predicted molar refractivity (Wildman–Crippen MR) is 90.7 cm³/mol. The maximum Gasteiger partial charge on any atom is 0.228 e. The number of sulfone groups is 1. The van der Waals surface area contributed by atoms with Crippen molar-refractivity contribution in [3.8, 4) is 5.88 Å². The van der Waals surface area contributed by atoms with Gasteiger partial charge in [-0.3, -0.25) is 4.79 Å². The molecule has 0 aliphatic carbocycles. The van der Waals surface area contributed by atoms with Crippen LogP contribution >= 0.6 is 27.5 Å². The molecule has 0 atom stereocenters. The van der Waals surface area contributed by atoms with E-state index in [1.165, 1.54) is 24.7 Å². The first kappa shape index (κ1) is 18.0. The minimum atomic E-state index is -3.75. The second-order valence-electron chi connectivity index (χ2n) is 5.04. The van der Waals surface area contributed by atoms with Crippen molar-refractivity contribution >= 4 is 37.4 Å². The first-order chi connectivity index (χ1) is 10.7. The number of aromatic nitrogens is 2. The molecule has 0 fully saturated rings. The summed E-state index contributed by atoms with van der Waals surface area (Å²) < 4.78 is 30.8. The molecule has 9 heteroatoms. The van der Waals surface area contributed by atoms with Crippen molar-refractivity contribution < 1.29 is 13.2 Å². The van der Waals surface area contributed by atoms with Crippen molar-refractivity contribution in [1.82, 2.24) is 9.97 Å². The Morgan fingerprint density at radius 2 is 2.09 bits per heavy atom. The molecule has 0 aliphatic rings. The number of nitrogens with one attached hydrogen (secondary N) is 1. The molecule has 2 rings (SSSR count). The van der Waals surface area contributed by atoms with Crippen LogP contribution in [0.15, 0.2) is 38.8 Å². The summed E-state index contributed by atoms with van der Waals surface area (Å²) >= 11 is 8.95. The highest BCUT2D eigenvalue weighted by Crippen LogP contribution is 2.27. The van der Waals surface area contributed by atoms with Crippen LogP contribution in [0, 0.1) is 0 Å². The molecule has 0 saturated carbocycles. The molecule has 0 bridgehead atoms. The van der Waals surface area contributed by atoms with E-state index < -0.39 is 21.0 Å². The highest BCUT2D eigenvalue weighted by Gasteiger charge is 2.20. The molecule has 6 nitrogen and oxygen atoms in total. The zero-order valence-electron chi connectivity index (χ0n) is 12.3. The van der Waals surface area contributed by atoms with Gasteiger partial charge < -0.3 is 9.72 Å². The Balaban J connectivity index is 2.35. The minimum absolute atomic E-state index is 0.0140. The monoisotopic (exact) mass is 420 g/mol. The molecule has 2 aromatic heterocycles. The lowest BCUT2D eigenvalue weighted by Gasteiger charge is -2.11. The SMILES string of the molecule is CC(C)Oc1ncc(S(=O)(=O)Cc2c[nH]cc(Cl)c2=O)cc1Br. The lowest BCUT2D eigenvalue weighted by Crippen LogP contribution is -2.15. The molecule has 0 radical (unpaired) electrons. The molecule has 0 aromatic carbocycles. The first-order valence-electron chi connectivity index (χ1n) is 6.61. The van der Waals surface area contributed by atoms with E-state index in [1.54, 1.807) is 0 Å². The molecule has 0 aliphatic heterocycles. The maximum atomic E-state index is 12.5. The van der Waals surface area contributed by atoms with Gasteiger partial charge in [-0.2, -0.15) is 0 Å². The largest absolute Gasteiger partial charge is 0.474 e. The Labute approximate surface area is 146 Å². The molecule has 0 amide bonds. The highest BCUT2D eigenvalue weighted by molar-refractivity contribution is 9.10. The third-order valence-electron chi connectivity index (χ3n) is 2.81. The van der Waals surface area contributed by atoms with Crippen LogP contribution in [0.25, 0.3) is 0 Å². The number of nitrogens with zero attached hydrogens (tertiary/aromatic N) is 1. The molecular formula is C14H14BrClN2O4S. The van der Waals surface area contributed by atoms with Crippen LogP contribution in [0.5, 0.6) is 5.88 Å². The third kappa shape index (κ3) is 4.33. The van der Waals surface area contributed by atoms with Crippen LogP contribution in [0.3, 0.4) is 0 Å². The maximum absolute atomic E-state index is 12.5. The second-order valence-corrected chi connectivity index (χ2v) is 8.29. The summed E-state index contributed by atoms with van der Waals surface area (Å²) in [5, 5.41) is -0.0577. The number of halogens is 2. The Morgan fingerprint density at radius 3 is 2.70 bits per heavy atom. The Bertz CT molecular complexity index is 881. The standard InChI is InChI=1S/C14H14BrClN2O4S/c1-8(2)22-14-11(15)3-10(5-18-14)23(20,21)7-9-4-17-6-12(16)13(9)19/h3-6,8H,7H2,1-2H3,(H,17,19). The normalized spacial score (nSPS) is 11.7. The zero-order valence-corrected chi connectivity index (χ0v) is 15.5. The molecular weight excluding hydrogens is 408 g/mol. The second kappa shape index (κ2) is 7.02. The van der Waals surface area contributed by atoms with Crippen molar-refractivity contribution in [3.63, 3.8) is 0 Å². The van der Waals surface area contributed by atoms with E-state index in [4.69, 9.17) is 16.3 Å². The Morgan fingerprint density at radius 1 is 1.39 bits per heavy atom. The lowest BCUT2D eigenvalue weighted by atomic mass is 10.3. The molecule has 124 valence electrons. The summed E-state index contributed by atoms with van der Waals surface area (Å²) in [5.74, 6) is -0.166. The van der Waals surface area contributed by atoms with Gasteiger partial charge in [0, 0.05) is 24.2 Å². The van der Waals surface area contributed by atoms with Crippen molar-refractivity contribution in [2.75, 3.05) is 0 Å². The van der Waals surface area contributed by atoms with Crippen LogP contribution in [0.4, 0.5) is 0 Å². The lowest BCUT2D eigenvalue weighted by molar-refractivity contribution is 0.230. The van der Waals surface area contributed by atoms with E-state index in [0.29, 0.717) is 10.4 Å². The number of pyridine rings is 2. The third-order valence-corrected chi connectivity index (χ3v) is 5.29. The Kier molecular flexibility index (Phi) is 5.49. The van der Waals surface area contributed by atoms with E-state index in [0.717, 1.165) is 0 Å². The van der Waals surface area contributed by atoms with Crippen molar-refractivity contribution in [2.24, 2.45) is 0 Å². The van der Waals surface area contributed by atoms with Gasteiger partial charge in [0.25, 0.3) is 0 Å². The summed E-state index contributed by atoms with van der Waals surface area (Å²) in [5.41, 5.74) is -0.447. The molecule has 23 heavy (non-hydrogen) atoms. The fraction of sp³-hybridized carbons (Fsp3) is 0.286. The molecule has 1 N–H and O–H groups in total. The van der Waals surface area contributed by atoms with Gasteiger partial charge in [0.2, 0.25) is 11.3 Å². The summed E-state index contributed by atoms with van der Waals surface area (Å²) in [7, 11) is -3.75. The molecule has 2 aromatic rings. The van der Waals surface area contributed by atoms with Crippen molar-refractivity contribution in [2.45, 2.75) is 30.6 Å². The van der Waals surface area contributed by atoms with Crippen molar-refractivity contribution in [1.29, 1.82) is 0 Å². The summed E-state index contributed by atoms with van der Waals surface area (Å²) in [6, 6.07) is 1.40. The summed E-state index contributed by atoms with van der Waals surface area (Å²) in [6.45, 7) is 3.67. The van der Waals surface area contributed by atoms with Crippen LogP contribution < -0.4 is 10.2 Å². The van der Waals surface area contributed by atoms with Gasteiger partial charge in [-0.15, -0.1) is 0 Å². The van der Waals surface area contributed by atoms with Crippen molar-refractivity contribution in [3.05, 3.63) is 49.9 Å². The average molecular weight is 422 g/mol. The Hall–Kier alpha value is -1.38. The van der Waals surface area contributed by atoms with E-state index in [1.807, 2.05) is 13.8 Å². The number of hydrogen-bond acceptors (Lipinski definition) is 5. The van der Waals surface area contributed by atoms with E-state index >= 15 is 0 Å². The van der Waals surface area contributed by atoms with Crippen LogP contribution in [0.1, 0.15) is 19.4 Å². The number of H-pyrrole nitrogens is 1. The van der Waals surface area contributed by atoms with Gasteiger partial charge in [0.1, 0.15) is 5.02 Å². The number of ether oxygens (including phenoxy) is 1. The zero-order chi connectivity index (χ0) is 17.2. The minimum Gasteiger partial charge on any atom is -0.474 e. The van der Waals surface area contributed by atoms with E-state index in [9.17, 15) is 13.2 Å².